The van der Waals surface area contributed by atoms with Gasteiger partial charge in [0.25, 0.3) is 12.9 Å². The van der Waals surface area contributed by atoms with Crippen molar-refractivity contribution < 1.29 is 63.2 Å². The van der Waals surface area contributed by atoms with Crippen LogP contribution in [-0.2, 0) is 0 Å². The normalized spacial score (nSPS) is 16.4. The fraction of sp³-hybridized carbons (Fsp3) is 0.333. The molecule has 0 spiro atoms. The average molecular weight is 613 g/mol. The molecule has 2 atom stereocenters. The molecular formula is C27H21F10NO4. The molecular weight excluding hydrogens is 592 g/mol. The third-order valence-corrected chi connectivity index (χ3v) is 6.23. The molecule has 1 aliphatic heterocycles. The first-order chi connectivity index (χ1) is 19.6. The highest BCUT2D eigenvalue weighted by Crippen LogP contribution is 2.46. The number of benzene rings is 3. The lowest BCUT2D eigenvalue weighted by Crippen LogP contribution is -2.46. The van der Waals surface area contributed by atoms with Gasteiger partial charge in [0, 0.05) is 5.56 Å². The van der Waals surface area contributed by atoms with Crippen LogP contribution in [0, 0.1) is 0 Å². The molecule has 0 aliphatic carbocycles. The van der Waals surface area contributed by atoms with Crippen LogP contribution >= 0.6 is 0 Å². The van der Waals surface area contributed by atoms with Gasteiger partial charge in [-0.15, -0.1) is 13.2 Å². The highest BCUT2D eigenvalue weighted by atomic mass is 19.4. The topological polar surface area (TPSA) is 51.2 Å². The zero-order chi connectivity index (χ0) is 30.8. The summed E-state index contributed by atoms with van der Waals surface area (Å²) in [7, 11) is 0. The highest BCUT2D eigenvalue weighted by Gasteiger charge is 2.42. The lowest BCUT2D eigenvalue weighted by Gasteiger charge is -2.40. The molecule has 0 radical (unpaired) electrons. The third kappa shape index (κ3) is 7.30. The predicted octanol–water partition coefficient (Wildman–Crippen LogP) is 7.39. The first-order valence-corrected chi connectivity index (χ1v) is 12.1. The molecule has 228 valence electrons. The Kier molecular flexibility index (Phi) is 8.99. The minimum absolute atomic E-state index is 0.0175. The summed E-state index contributed by atoms with van der Waals surface area (Å²) in [6.45, 7) is -1.30. The van der Waals surface area contributed by atoms with Crippen molar-refractivity contribution in [1.82, 2.24) is 0 Å². The Morgan fingerprint density at radius 3 is 2.10 bits per heavy atom. The molecule has 0 saturated heterocycles. The Hall–Kier alpha value is -3.88. The number of para-hydroxylation sites is 1. The molecule has 0 bridgehead atoms. The molecule has 0 aromatic heterocycles. The molecule has 4 rings (SSSR count). The maximum atomic E-state index is 13.4. The van der Waals surface area contributed by atoms with Crippen molar-refractivity contribution in [3.8, 4) is 28.4 Å². The largest absolute Gasteiger partial charge is 0.573 e. The van der Waals surface area contributed by atoms with E-state index in [-0.39, 0.29) is 40.5 Å². The van der Waals surface area contributed by atoms with Crippen LogP contribution in [0.2, 0.25) is 0 Å². The SMILES string of the molecule is OC(CN1c2cccc(-c3cccc(OC(F)(F)F)c3)c2OCC1c1ccc(OC(C(F)F)C(F)F)cc1)C(F)(F)F. The Morgan fingerprint density at radius 2 is 1.50 bits per heavy atom. The molecule has 0 fully saturated rings. The standard InChI is InChI=1S/C27H21F10NO4/c28-24(29)23(25(30)31)41-16-9-7-14(8-10-16)20-13-40-22-18(15-3-1-4-17(11-15)42-27(35,36)37)5-2-6-19(22)38(20)12-21(39)26(32,33)34/h1-11,20-21,23-25,39H,12-13H2. The first-order valence-electron chi connectivity index (χ1n) is 12.1. The van der Waals surface area contributed by atoms with Crippen molar-refractivity contribution in [3.63, 3.8) is 0 Å². The van der Waals surface area contributed by atoms with Gasteiger partial charge in [-0.2, -0.15) is 13.2 Å². The van der Waals surface area contributed by atoms with E-state index in [2.05, 4.69) is 9.47 Å². The van der Waals surface area contributed by atoms with Crippen LogP contribution in [0.3, 0.4) is 0 Å². The van der Waals surface area contributed by atoms with E-state index in [9.17, 15) is 49.0 Å². The van der Waals surface area contributed by atoms with Crippen molar-refractivity contribution in [1.29, 1.82) is 0 Å². The van der Waals surface area contributed by atoms with E-state index in [4.69, 9.17) is 4.74 Å². The Labute approximate surface area is 231 Å². The van der Waals surface area contributed by atoms with E-state index in [0.717, 1.165) is 24.3 Å². The Balaban J connectivity index is 1.70. The van der Waals surface area contributed by atoms with Gasteiger partial charge in [0.1, 0.15) is 18.1 Å². The van der Waals surface area contributed by atoms with E-state index in [1.165, 1.54) is 47.4 Å². The summed E-state index contributed by atoms with van der Waals surface area (Å²) in [5.74, 6) is -0.866. The molecule has 2 unspecified atom stereocenters. The van der Waals surface area contributed by atoms with Crippen LogP contribution in [0.5, 0.6) is 17.2 Å². The average Bonchev–Trinajstić information content (AvgIpc) is 2.90. The molecule has 15 heteroatoms. The summed E-state index contributed by atoms with van der Waals surface area (Å²) in [4.78, 5) is 1.17. The van der Waals surface area contributed by atoms with Gasteiger partial charge in [-0.05, 0) is 41.5 Å². The van der Waals surface area contributed by atoms with Crippen LogP contribution in [0.25, 0.3) is 11.1 Å². The smallest absolute Gasteiger partial charge is 0.488 e. The summed E-state index contributed by atoms with van der Waals surface area (Å²) in [6.07, 6.45) is -22.5. The van der Waals surface area contributed by atoms with Crippen LogP contribution in [0.4, 0.5) is 49.6 Å². The number of nitrogens with zero attached hydrogens (tertiary/aromatic N) is 1. The molecule has 1 aliphatic rings. The summed E-state index contributed by atoms with van der Waals surface area (Å²) in [5, 5.41) is 9.91. The highest BCUT2D eigenvalue weighted by molar-refractivity contribution is 5.80. The first kappa shape index (κ1) is 31.1. The number of alkyl halides is 10. The molecule has 0 amide bonds. The zero-order valence-corrected chi connectivity index (χ0v) is 21.1. The number of hydrogen-bond acceptors (Lipinski definition) is 5. The molecule has 0 saturated carbocycles. The number of hydrogen-bond donors (Lipinski definition) is 1. The number of aliphatic hydroxyl groups excluding tert-OH is 1. The zero-order valence-electron chi connectivity index (χ0n) is 21.1. The van der Waals surface area contributed by atoms with Gasteiger partial charge in [0.15, 0.2) is 11.9 Å². The lowest BCUT2D eigenvalue weighted by atomic mass is 9.98. The van der Waals surface area contributed by atoms with Crippen LogP contribution in [0.15, 0.2) is 66.7 Å². The van der Waals surface area contributed by atoms with Gasteiger partial charge in [-0.3, -0.25) is 0 Å². The molecule has 42 heavy (non-hydrogen) atoms. The van der Waals surface area contributed by atoms with Gasteiger partial charge >= 0.3 is 12.5 Å². The number of β-amino-alcohol motifs (C(OH)–C–C–N with tert-alkyl or cyclic N) is 1. The fourth-order valence-corrected chi connectivity index (χ4v) is 4.34. The number of anilines is 1. The van der Waals surface area contributed by atoms with Gasteiger partial charge < -0.3 is 24.2 Å². The minimum Gasteiger partial charge on any atom is -0.488 e. The lowest BCUT2D eigenvalue weighted by molar-refractivity contribution is -0.274. The number of halogens is 10. The maximum absolute atomic E-state index is 13.4. The van der Waals surface area contributed by atoms with Gasteiger partial charge in [-0.1, -0.05) is 36.4 Å². The van der Waals surface area contributed by atoms with Crippen molar-refractivity contribution in [2.75, 3.05) is 18.1 Å². The van der Waals surface area contributed by atoms with Gasteiger partial charge in [0.05, 0.1) is 18.3 Å². The second kappa shape index (κ2) is 12.2. The van der Waals surface area contributed by atoms with Crippen molar-refractivity contribution in [2.45, 2.75) is 43.6 Å². The van der Waals surface area contributed by atoms with Crippen molar-refractivity contribution >= 4 is 5.69 Å². The second-order valence-electron chi connectivity index (χ2n) is 9.09. The van der Waals surface area contributed by atoms with Gasteiger partial charge in [0.2, 0.25) is 6.10 Å². The fourth-order valence-electron chi connectivity index (χ4n) is 4.34. The monoisotopic (exact) mass is 613 g/mol. The number of ether oxygens (including phenoxy) is 3. The maximum Gasteiger partial charge on any atom is 0.573 e. The Morgan fingerprint density at radius 1 is 0.857 bits per heavy atom. The minimum atomic E-state index is -5.01. The van der Waals surface area contributed by atoms with Crippen molar-refractivity contribution in [2.24, 2.45) is 0 Å². The van der Waals surface area contributed by atoms with E-state index in [1.807, 2.05) is 0 Å². The quantitative estimate of drug-likeness (QED) is 0.255. The summed E-state index contributed by atoms with van der Waals surface area (Å²) in [6, 6.07) is 12.8. The van der Waals surface area contributed by atoms with E-state index >= 15 is 0 Å². The van der Waals surface area contributed by atoms with E-state index in [0.29, 0.717) is 0 Å². The molecule has 1 N–H and O–H groups in total. The molecule has 3 aromatic rings. The number of rotatable bonds is 9. The van der Waals surface area contributed by atoms with Crippen LogP contribution in [0.1, 0.15) is 11.6 Å². The number of aliphatic hydroxyl groups is 1. The number of fused-ring (bicyclic) bond motifs is 1. The molecule has 3 aromatic carbocycles. The summed E-state index contributed by atoms with van der Waals surface area (Å²) in [5.41, 5.74) is 0.736. The van der Waals surface area contributed by atoms with Gasteiger partial charge in [-0.25, -0.2) is 17.6 Å². The molecule has 5 nitrogen and oxygen atoms in total. The third-order valence-electron chi connectivity index (χ3n) is 6.23. The van der Waals surface area contributed by atoms with Crippen LogP contribution < -0.4 is 19.1 Å². The van der Waals surface area contributed by atoms with Crippen molar-refractivity contribution in [3.05, 3.63) is 72.3 Å². The summed E-state index contributed by atoms with van der Waals surface area (Å²) >= 11 is 0. The predicted molar refractivity (Wildman–Crippen MR) is 129 cm³/mol. The molecule has 1 heterocycles. The Bertz CT molecular complexity index is 1340. The van der Waals surface area contributed by atoms with E-state index < -0.39 is 55.9 Å². The second-order valence-corrected chi connectivity index (χ2v) is 9.09. The summed E-state index contributed by atoms with van der Waals surface area (Å²) < 4.78 is 144. The van der Waals surface area contributed by atoms with E-state index in [1.54, 1.807) is 0 Å². The van der Waals surface area contributed by atoms with Crippen LogP contribution in [-0.4, -0.2) is 55.9 Å².